The lowest BCUT2D eigenvalue weighted by atomic mass is 9.69. The van der Waals surface area contributed by atoms with Gasteiger partial charge < -0.3 is 10.1 Å². The maximum atomic E-state index is 13.0. The number of rotatable bonds is 2. The Balaban J connectivity index is 2.21. The average molecular weight is 340 g/mol. The molecule has 0 unspecified atom stereocenters. The first-order valence-electron chi connectivity index (χ1n) is 8.49. The van der Waals surface area contributed by atoms with Crippen molar-refractivity contribution in [3.8, 4) is 0 Å². The number of ether oxygens (including phenoxy) is 1. The van der Waals surface area contributed by atoms with Gasteiger partial charge in [-0.1, -0.05) is 19.9 Å². The number of pyridine rings is 1. The van der Waals surface area contributed by atoms with E-state index in [2.05, 4.69) is 24.1 Å². The minimum absolute atomic E-state index is 0.0703. The molecule has 5 nitrogen and oxygen atoms in total. The van der Waals surface area contributed by atoms with E-state index in [1.54, 1.807) is 0 Å². The number of dihydropyridines is 1. The van der Waals surface area contributed by atoms with Gasteiger partial charge >= 0.3 is 5.97 Å². The van der Waals surface area contributed by atoms with Crippen molar-refractivity contribution < 1.29 is 14.3 Å². The number of carbonyl (C=O) groups is 2. The molecule has 1 aromatic rings. The van der Waals surface area contributed by atoms with E-state index in [1.165, 1.54) is 7.11 Å². The molecule has 1 N–H and O–H groups in total. The summed E-state index contributed by atoms with van der Waals surface area (Å²) in [6, 6.07) is 5.68. The van der Waals surface area contributed by atoms with Crippen LogP contribution in [0.1, 0.15) is 50.9 Å². The summed E-state index contributed by atoms with van der Waals surface area (Å²) >= 11 is 0. The second kappa shape index (κ2) is 6.14. The molecule has 1 aromatic heterocycles. The molecule has 0 saturated carbocycles. The zero-order valence-electron chi connectivity index (χ0n) is 15.4. The standard InChI is InChI=1S/C20H24N2O3/c1-11-7-6-8-13(21-11)18-16(19(24)25-5)12(2)22-14-9-20(3,4)10-15(23)17(14)18/h6-8,18,22H,9-10H2,1-5H3/t18-/m1/s1. The molecule has 5 heteroatoms. The second-order valence-corrected chi connectivity index (χ2v) is 7.63. The number of hydrogen-bond acceptors (Lipinski definition) is 5. The monoisotopic (exact) mass is 340 g/mol. The van der Waals surface area contributed by atoms with Crippen molar-refractivity contribution >= 4 is 11.8 Å². The summed E-state index contributed by atoms with van der Waals surface area (Å²) in [6.07, 6.45) is 1.23. The molecule has 1 aliphatic carbocycles. The number of ketones is 1. The van der Waals surface area contributed by atoms with Gasteiger partial charge in [0.25, 0.3) is 0 Å². The molecule has 2 heterocycles. The number of hydrogen-bond donors (Lipinski definition) is 1. The highest BCUT2D eigenvalue weighted by Gasteiger charge is 2.43. The number of aromatic nitrogens is 1. The largest absolute Gasteiger partial charge is 0.466 e. The van der Waals surface area contributed by atoms with Gasteiger partial charge in [0.15, 0.2) is 5.78 Å². The molecule has 0 spiro atoms. The average Bonchev–Trinajstić information content (AvgIpc) is 2.51. The van der Waals surface area contributed by atoms with Crippen LogP contribution in [0.25, 0.3) is 0 Å². The SMILES string of the molecule is COC(=O)C1=C(C)NC2=C(C(=O)CC(C)(C)C2)[C@@H]1c1cccc(C)n1. The molecule has 0 saturated heterocycles. The maximum Gasteiger partial charge on any atom is 0.336 e. The number of carbonyl (C=O) groups excluding carboxylic acids is 2. The number of methoxy groups -OCH3 is 1. The van der Waals surface area contributed by atoms with Crippen LogP contribution in [0.2, 0.25) is 0 Å². The van der Waals surface area contributed by atoms with Gasteiger partial charge in [0.1, 0.15) is 0 Å². The lowest BCUT2D eigenvalue weighted by Crippen LogP contribution is -2.38. The maximum absolute atomic E-state index is 13.0. The van der Waals surface area contributed by atoms with E-state index >= 15 is 0 Å². The highest BCUT2D eigenvalue weighted by molar-refractivity contribution is 6.04. The Morgan fingerprint density at radius 2 is 2.00 bits per heavy atom. The van der Waals surface area contributed by atoms with Crippen molar-refractivity contribution in [2.24, 2.45) is 5.41 Å². The van der Waals surface area contributed by atoms with E-state index < -0.39 is 11.9 Å². The molecule has 132 valence electrons. The van der Waals surface area contributed by atoms with Crippen molar-refractivity contribution in [1.82, 2.24) is 10.3 Å². The fourth-order valence-corrected chi connectivity index (χ4v) is 3.84. The molecule has 0 amide bonds. The molecule has 2 aliphatic rings. The van der Waals surface area contributed by atoms with Crippen molar-refractivity contribution in [2.75, 3.05) is 7.11 Å². The predicted octanol–water partition coefficient (Wildman–Crippen LogP) is 3.17. The van der Waals surface area contributed by atoms with Crippen molar-refractivity contribution in [3.63, 3.8) is 0 Å². The minimum Gasteiger partial charge on any atom is -0.466 e. The van der Waals surface area contributed by atoms with E-state index in [9.17, 15) is 9.59 Å². The number of esters is 1. The number of nitrogens with one attached hydrogen (secondary N) is 1. The van der Waals surface area contributed by atoms with Gasteiger partial charge in [-0.3, -0.25) is 9.78 Å². The normalized spacial score (nSPS) is 22.4. The van der Waals surface area contributed by atoms with Crippen LogP contribution < -0.4 is 5.32 Å². The zero-order chi connectivity index (χ0) is 18.4. The number of aryl methyl sites for hydroxylation is 1. The summed E-state index contributed by atoms with van der Waals surface area (Å²) in [7, 11) is 1.36. The highest BCUT2D eigenvalue weighted by atomic mass is 16.5. The van der Waals surface area contributed by atoms with Crippen LogP contribution in [-0.4, -0.2) is 23.8 Å². The lowest BCUT2D eigenvalue weighted by molar-refractivity contribution is -0.136. The topological polar surface area (TPSA) is 68.3 Å². The summed E-state index contributed by atoms with van der Waals surface area (Å²) in [4.78, 5) is 30.1. The van der Waals surface area contributed by atoms with Crippen LogP contribution in [0.15, 0.2) is 40.7 Å². The van der Waals surface area contributed by atoms with E-state index in [1.807, 2.05) is 32.0 Å². The van der Waals surface area contributed by atoms with Crippen LogP contribution in [0.3, 0.4) is 0 Å². The summed E-state index contributed by atoms with van der Waals surface area (Å²) in [6.45, 7) is 7.93. The van der Waals surface area contributed by atoms with Gasteiger partial charge in [-0.05, 0) is 37.8 Å². The zero-order valence-corrected chi connectivity index (χ0v) is 15.4. The van der Waals surface area contributed by atoms with Crippen molar-refractivity contribution in [3.05, 3.63) is 52.1 Å². The molecule has 3 rings (SSSR count). The van der Waals surface area contributed by atoms with Crippen LogP contribution >= 0.6 is 0 Å². The fourth-order valence-electron chi connectivity index (χ4n) is 3.84. The van der Waals surface area contributed by atoms with Crippen molar-refractivity contribution in [2.45, 2.75) is 46.5 Å². The van der Waals surface area contributed by atoms with Gasteiger partial charge in [0.2, 0.25) is 0 Å². The quantitative estimate of drug-likeness (QED) is 0.838. The first kappa shape index (κ1) is 17.4. The molecule has 25 heavy (non-hydrogen) atoms. The molecule has 0 radical (unpaired) electrons. The summed E-state index contributed by atoms with van der Waals surface area (Å²) < 4.78 is 5.00. The van der Waals surface area contributed by atoms with E-state index in [-0.39, 0.29) is 11.2 Å². The fraction of sp³-hybridized carbons (Fsp3) is 0.450. The summed E-state index contributed by atoms with van der Waals surface area (Å²) in [5, 5.41) is 3.29. The van der Waals surface area contributed by atoms with Gasteiger partial charge in [-0.25, -0.2) is 4.79 Å². The van der Waals surface area contributed by atoms with Gasteiger partial charge in [-0.15, -0.1) is 0 Å². The first-order valence-corrected chi connectivity index (χ1v) is 8.49. The van der Waals surface area contributed by atoms with Gasteiger partial charge in [-0.2, -0.15) is 0 Å². The molecular weight excluding hydrogens is 316 g/mol. The summed E-state index contributed by atoms with van der Waals surface area (Å²) in [5.74, 6) is -0.837. The Bertz CT molecular complexity index is 818. The Kier molecular flexibility index (Phi) is 4.27. The predicted molar refractivity (Wildman–Crippen MR) is 94.6 cm³/mol. The summed E-state index contributed by atoms with van der Waals surface area (Å²) in [5.41, 5.74) is 4.21. The number of nitrogens with zero attached hydrogens (tertiary/aromatic N) is 1. The highest BCUT2D eigenvalue weighted by Crippen LogP contribution is 2.46. The Labute approximate surface area is 148 Å². The Hall–Kier alpha value is -2.43. The molecule has 0 aromatic carbocycles. The third-order valence-electron chi connectivity index (χ3n) is 4.85. The van der Waals surface area contributed by atoms with Crippen LogP contribution in [0, 0.1) is 12.3 Å². The minimum atomic E-state index is -0.479. The number of Topliss-reactive ketones (excluding diaryl/α,β-unsaturated/α-hetero) is 1. The first-order chi connectivity index (χ1) is 11.7. The Morgan fingerprint density at radius 1 is 1.28 bits per heavy atom. The van der Waals surface area contributed by atoms with E-state index in [0.29, 0.717) is 23.3 Å². The molecular formula is C20H24N2O3. The molecule has 0 bridgehead atoms. The lowest BCUT2D eigenvalue weighted by Gasteiger charge is -2.39. The van der Waals surface area contributed by atoms with Crippen LogP contribution in [0.5, 0.6) is 0 Å². The van der Waals surface area contributed by atoms with E-state index in [4.69, 9.17) is 4.74 Å². The van der Waals surface area contributed by atoms with Crippen LogP contribution in [0.4, 0.5) is 0 Å². The third kappa shape index (κ3) is 3.11. The number of allylic oxidation sites excluding steroid dienone is 3. The van der Waals surface area contributed by atoms with Gasteiger partial charge in [0.05, 0.1) is 24.3 Å². The molecule has 1 aliphatic heterocycles. The molecule has 0 fully saturated rings. The second-order valence-electron chi connectivity index (χ2n) is 7.63. The van der Waals surface area contributed by atoms with E-state index in [0.717, 1.165) is 23.5 Å². The molecule has 1 atom stereocenters. The van der Waals surface area contributed by atoms with Crippen molar-refractivity contribution in [1.29, 1.82) is 0 Å². The van der Waals surface area contributed by atoms with Gasteiger partial charge in [0, 0.05) is 29.1 Å². The third-order valence-corrected chi connectivity index (χ3v) is 4.85. The van der Waals surface area contributed by atoms with Crippen LogP contribution in [-0.2, 0) is 14.3 Å². The smallest absolute Gasteiger partial charge is 0.336 e. The Morgan fingerprint density at radius 3 is 2.64 bits per heavy atom.